The van der Waals surface area contributed by atoms with Crippen molar-refractivity contribution < 1.29 is 43.9 Å². The number of nitrogens with one attached hydrogen (secondary N) is 1. The molecule has 4 rings (SSSR count). The maximum atomic E-state index is 13.8. The molecule has 2 saturated heterocycles. The second-order valence-electron chi connectivity index (χ2n) is 10.3. The van der Waals surface area contributed by atoms with Crippen LogP contribution in [0.4, 0.5) is 0 Å². The number of morpholine rings is 1. The van der Waals surface area contributed by atoms with Gasteiger partial charge in [0.05, 0.1) is 43.1 Å². The van der Waals surface area contributed by atoms with E-state index in [1.165, 1.54) is 7.11 Å². The van der Waals surface area contributed by atoms with E-state index < -0.39 is 30.3 Å². The van der Waals surface area contributed by atoms with Gasteiger partial charge in [0.25, 0.3) is 5.91 Å². The highest BCUT2D eigenvalue weighted by Crippen LogP contribution is 2.37. The second kappa shape index (κ2) is 15.5. The molecule has 4 atom stereocenters. The van der Waals surface area contributed by atoms with E-state index in [0.717, 1.165) is 19.5 Å². The molecule has 1 aliphatic carbocycles. The van der Waals surface area contributed by atoms with Crippen LogP contribution >= 0.6 is 22.6 Å². The van der Waals surface area contributed by atoms with E-state index in [9.17, 15) is 24.9 Å². The number of hydrogen-bond donors (Lipinski definition) is 4. The van der Waals surface area contributed by atoms with Gasteiger partial charge in [0.15, 0.2) is 11.5 Å². The van der Waals surface area contributed by atoms with Crippen molar-refractivity contribution in [3.8, 4) is 11.5 Å². The average molecular weight is 690 g/mol. The summed E-state index contributed by atoms with van der Waals surface area (Å²) in [6, 6.07) is 2.63. The van der Waals surface area contributed by atoms with Crippen molar-refractivity contribution >= 4 is 34.4 Å². The highest BCUT2D eigenvalue weighted by atomic mass is 127. The summed E-state index contributed by atoms with van der Waals surface area (Å²) < 4.78 is 23.7. The van der Waals surface area contributed by atoms with Gasteiger partial charge in [-0.05, 0) is 59.2 Å². The van der Waals surface area contributed by atoms with Crippen molar-refractivity contribution in [1.82, 2.24) is 15.1 Å². The highest BCUT2D eigenvalue weighted by Gasteiger charge is 2.43. The standard InChI is InChI=1S/C28H40IN3O9/c1-38-24-14-18(17-34)13-20(29)26(24)41-23-16-19(27(36)30-4-9-33)15-21(25(23)35)32(28(37)22-3-2-10-40-22)6-5-31-7-11-39-12-8-31/h13-14,16,21-23,25,33-35H,2-12,15,17H2,1H3,(H,30,36)/t21-,22?,23+,25+/m1/s1. The minimum Gasteiger partial charge on any atom is -0.493 e. The Kier molecular flexibility index (Phi) is 12.0. The van der Waals surface area contributed by atoms with Gasteiger partial charge in [-0.1, -0.05) is 0 Å². The largest absolute Gasteiger partial charge is 0.493 e. The Balaban J connectivity index is 1.66. The van der Waals surface area contributed by atoms with Gasteiger partial charge in [-0.2, -0.15) is 0 Å². The number of amides is 2. The van der Waals surface area contributed by atoms with E-state index in [4.69, 9.17) is 18.9 Å². The topological polar surface area (TPSA) is 150 Å². The zero-order valence-electron chi connectivity index (χ0n) is 23.3. The first-order chi connectivity index (χ1) is 19.9. The molecular formula is C28H40IN3O9. The number of ether oxygens (including phenoxy) is 4. The van der Waals surface area contributed by atoms with E-state index >= 15 is 0 Å². The molecule has 2 heterocycles. The van der Waals surface area contributed by atoms with Crippen molar-refractivity contribution in [2.24, 2.45) is 0 Å². The van der Waals surface area contributed by atoms with Crippen molar-refractivity contribution in [2.75, 3.05) is 66.3 Å². The predicted octanol–water partition coefficient (Wildman–Crippen LogP) is 0.0474. The SMILES string of the molecule is COc1cc(CO)cc(I)c1O[C@H]1C=C(C(=O)NCCO)C[C@@H](N(CCN2CCOCC2)C(=O)C2CCCO2)[C@@H]1O. The fourth-order valence-corrected chi connectivity index (χ4v) is 6.16. The third-order valence-corrected chi connectivity index (χ3v) is 8.39. The number of aliphatic hydroxyl groups is 3. The van der Waals surface area contributed by atoms with Gasteiger partial charge in [0.2, 0.25) is 5.91 Å². The molecule has 2 aliphatic heterocycles. The monoisotopic (exact) mass is 689 g/mol. The number of carbonyl (C=O) groups excluding carboxylic acids is 2. The lowest BCUT2D eigenvalue weighted by atomic mass is 9.87. The van der Waals surface area contributed by atoms with Gasteiger partial charge < -0.3 is 44.5 Å². The summed E-state index contributed by atoms with van der Waals surface area (Å²) in [6.45, 7) is 3.83. The molecular weight excluding hydrogens is 649 g/mol. The van der Waals surface area contributed by atoms with Crippen LogP contribution in [0.2, 0.25) is 0 Å². The number of aliphatic hydroxyl groups excluding tert-OH is 3. The Morgan fingerprint density at radius 3 is 2.66 bits per heavy atom. The lowest BCUT2D eigenvalue weighted by Gasteiger charge is -2.42. The van der Waals surface area contributed by atoms with Crippen molar-refractivity contribution in [3.63, 3.8) is 0 Å². The van der Waals surface area contributed by atoms with Crippen molar-refractivity contribution in [1.29, 1.82) is 0 Å². The maximum absolute atomic E-state index is 13.8. The first-order valence-corrected chi connectivity index (χ1v) is 15.1. The van der Waals surface area contributed by atoms with Crippen LogP contribution < -0.4 is 14.8 Å². The fraction of sp³-hybridized carbons (Fsp3) is 0.643. The molecule has 1 aromatic carbocycles. The molecule has 3 aliphatic rings. The molecule has 228 valence electrons. The van der Waals surface area contributed by atoms with Gasteiger partial charge in [0, 0.05) is 51.3 Å². The smallest absolute Gasteiger partial charge is 0.252 e. The quantitative estimate of drug-likeness (QED) is 0.222. The number of methoxy groups -OCH3 is 1. The summed E-state index contributed by atoms with van der Waals surface area (Å²) in [4.78, 5) is 30.8. The lowest BCUT2D eigenvalue weighted by Crippen LogP contribution is -2.58. The summed E-state index contributed by atoms with van der Waals surface area (Å²) in [5, 5.41) is 33.3. The fourth-order valence-electron chi connectivity index (χ4n) is 5.37. The van der Waals surface area contributed by atoms with Gasteiger partial charge in [-0.3, -0.25) is 14.5 Å². The van der Waals surface area contributed by atoms with E-state index in [2.05, 4.69) is 32.8 Å². The number of hydrogen-bond acceptors (Lipinski definition) is 10. The number of benzene rings is 1. The number of rotatable bonds is 12. The summed E-state index contributed by atoms with van der Waals surface area (Å²) >= 11 is 2.07. The lowest BCUT2D eigenvalue weighted by molar-refractivity contribution is -0.148. The Hall–Kier alpha value is -2.01. The molecule has 1 unspecified atom stereocenters. The van der Waals surface area contributed by atoms with E-state index in [1.54, 1.807) is 23.1 Å². The highest BCUT2D eigenvalue weighted by molar-refractivity contribution is 14.1. The van der Waals surface area contributed by atoms with Gasteiger partial charge in [-0.15, -0.1) is 0 Å². The first kappa shape index (κ1) is 31.9. The Morgan fingerprint density at radius 2 is 2.00 bits per heavy atom. The maximum Gasteiger partial charge on any atom is 0.252 e. The minimum atomic E-state index is -1.17. The Morgan fingerprint density at radius 1 is 1.22 bits per heavy atom. The second-order valence-corrected chi connectivity index (χ2v) is 11.4. The molecule has 12 nitrogen and oxygen atoms in total. The number of nitrogens with zero attached hydrogens (tertiary/aromatic N) is 2. The number of halogens is 1. The Bertz CT molecular complexity index is 1080. The van der Waals surface area contributed by atoms with Crippen LogP contribution in [-0.4, -0.2) is 128 Å². The average Bonchev–Trinajstić information content (AvgIpc) is 3.54. The normalized spacial score (nSPS) is 25.0. The van der Waals surface area contributed by atoms with Gasteiger partial charge in [-0.25, -0.2) is 0 Å². The van der Waals surface area contributed by atoms with E-state index in [0.29, 0.717) is 65.5 Å². The molecule has 1 aromatic rings. The molecule has 13 heteroatoms. The molecule has 0 saturated carbocycles. The molecule has 0 bridgehead atoms. The van der Waals surface area contributed by atoms with Gasteiger partial charge >= 0.3 is 0 Å². The van der Waals surface area contributed by atoms with Crippen LogP contribution in [0.15, 0.2) is 23.8 Å². The molecule has 0 spiro atoms. The first-order valence-electron chi connectivity index (χ1n) is 14.0. The van der Waals surface area contributed by atoms with Crippen LogP contribution in [0.25, 0.3) is 0 Å². The van der Waals surface area contributed by atoms with Crippen LogP contribution in [0, 0.1) is 3.57 Å². The van der Waals surface area contributed by atoms with Crippen LogP contribution in [0.5, 0.6) is 11.5 Å². The molecule has 2 fully saturated rings. The van der Waals surface area contributed by atoms with E-state index in [1.807, 2.05) is 0 Å². The van der Waals surface area contributed by atoms with E-state index in [-0.39, 0.29) is 32.1 Å². The van der Waals surface area contributed by atoms with Crippen molar-refractivity contribution in [3.05, 3.63) is 32.9 Å². The summed E-state index contributed by atoms with van der Waals surface area (Å²) in [5.74, 6) is 0.107. The van der Waals surface area contributed by atoms with Gasteiger partial charge in [0.1, 0.15) is 18.3 Å². The third-order valence-electron chi connectivity index (χ3n) is 7.59. The molecule has 0 radical (unpaired) electrons. The van der Waals surface area contributed by atoms with Crippen LogP contribution in [0.1, 0.15) is 24.8 Å². The van der Waals surface area contributed by atoms with Crippen molar-refractivity contribution in [2.45, 2.75) is 50.2 Å². The number of carbonyl (C=O) groups is 2. The summed E-state index contributed by atoms with van der Waals surface area (Å²) in [6.07, 6.45) is 0.297. The molecule has 2 amide bonds. The Labute approximate surface area is 253 Å². The predicted molar refractivity (Wildman–Crippen MR) is 157 cm³/mol. The van der Waals surface area contributed by atoms with Crippen LogP contribution in [0.3, 0.4) is 0 Å². The molecule has 0 aromatic heterocycles. The zero-order chi connectivity index (χ0) is 29.4. The molecule has 41 heavy (non-hydrogen) atoms. The molecule has 4 N–H and O–H groups in total. The third kappa shape index (κ3) is 8.09. The summed E-state index contributed by atoms with van der Waals surface area (Å²) in [7, 11) is 1.48. The summed E-state index contributed by atoms with van der Waals surface area (Å²) in [5.41, 5.74) is 0.980. The van der Waals surface area contributed by atoms with Crippen LogP contribution in [-0.2, 0) is 25.7 Å². The zero-order valence-corrected chi connectivity index (χ0v) is 25.5. The minimum absolute atomic E-state index is 0.0683.